The second-order valence-electron chi connectivity index (χ2n) is 6.82. The Kier molecular flexibility index (Phi) is 8.71. The Morgan fingerprint density at radius 3 is 2.92 bits per heavy atom. The Labute approximate surface area is 157 Å². The lowest BCUT2D eigenvalue weighted by atomic mass is 10.1. The van der Waals surface area contributed by atoms with Crippen LogP contribution in [0, 0.1) is 0 Å². The summed E-state index contributed by atoms with van der Waals surface area (Å²) in [5, 5.41) is 17.0. The molecule has 26 heavy (non-hydrogen) atoms. The van der Waals surface area contributed by atoms with E-state index >= 15 is 0 Å². The molecule has 6 nitrogen and oxygen atoms in total. The summed E-state index contributed by atoms with van der Waals surface area (Å²) in [6, 6.07) is 7.56. The van der Waals surface area contributed by atoms with Crippen LogP contribution in [-0.2, 0) is 4.74 Å². The Morgan fingerprint density at radius 2 is 2.23 bits per heavy atom. The second-order valence-corrected chi connectivity index (χ2v) is 6.82. The fraction of sp³-hybridized carbons (Fsp3) is 0.650. The van der Waals surface area contributed by atoms with Crippen LogP contribution in [0.2, 0.25) is 0 Å². The van der Waals surface area contributed by atoms with Gasteiger partial charge in [0.1, 0.15) is 5.75 Å². The molecule has 0 amide bonds. The molecule has 3 N–H and O–H groups in total. The van der Waals surface area contributed by atoms with Crippen molar-refractivity contribution in [1.82, 2.24) is 10.6 Å². The van der Waals surface area contributed by atoms with E-state index in [1.807, 2.05) is 45.0 Å². The van der Waals surface area contributed by atoms with Crippen LogP contribution < -0.4 is 15.4 Å². The molecular weight excluding hydrogens is 330 g/mol. The standard InChI is InChI=1S/C20H33N3O3/c1-4-21-20(22-11-10-17-9-6-12-25-17)23-14-19(24)16-7-5-8-18(13-16)26-15(2)3/h5,7-8,13,15,17,19,24H,4,6,9-12,14H2,1-3H3,(H2,21,22,23). The van der Waals surface area contributed by atoms with E-state index in [9.17, 15) is 5.11 Å². The van der Waals surface area contributed by atoms with Crippen LogP contribution in [0.15, 0.2) is 29.3 Å². The first-order chi connectivity index (χ1) is 12.6. The predicted octanol–water partition coefficient (Wildman–Crippen LogP) is 2.63. The van der Waals surface area contributed by atoms with Crippen molar-refractivity contribution in [2.75, 3.05) is 26.2 Å². The molecule has 1 aromatic carbocycles. The summed E-state index contributed by atoms with van der Waals surface area (Å²) in [5.74, 6) is 1.49. The Balaban J connectivity index is 1.86. The van der Waals surface area contributed by atoms with Crippen LogP contribution in [-0.4, -0.2) is 49.5 Å². The highest BCUT2D eigenvalue weighted by Gasteiger charge is 2.15. The predicted molar refractivity (Wildman–Crippen MR) is 105 cm³/mol. The molecule has 6 heteroatoms. The molecule has 146 valence electrons. The third kappa shape index (κ3) is 7.22. The molecule has 2 atom stereocenters. The molecule has 1 fully saturated rings. The van der Waals surface area contributed by atoms with Gasteiger partial charge in [-0.25, -0.2) is 0 Å². The van der Waals surface area contributed by atoms with Crippen molar-refractivity contribution in [3.63, 3.8) is 0 Å². The van der Waals surface area contributed by atoms with Crippen LogP contribution in [0.5, 0.6) is 5.75 Å². The molecule has 1 heterocycles. The number of aliphatic hydroxyl groups is 1. The maximum absolute atomic E-state index is 10.5. The van der Waals surface area contributed by atoms with Gasteiger partial charge in [0.25, 0.3) is 0 Å². The van der Waals surface area contributed by atoms with Crippen molar-refractivity contribution in [1.29, 1.82) is 0 Å². The van der Waals surface area contributed by atoms with Gasteiger partial charge in [-0.2, -0.15) is 0 Å². The Hall–Kier alpha value is -1.79. The summed E-state index contributed by atoms with van der Waals surface area (Å²) >= 11 is 0. The number of aliphatic hydroxyl groups excluding tert-OH is 1. The zero-order valence-corrected chi connectivity index (χ0v) is 16.2. The number of ether oxygens (including phenoxy) is 2. The third-order valence-corrected chi connectivity index (χ3v) is 4.16. The molecule has 0 saturated carbocycles. The molecule has 2 unspecified atom stereocenters. The fourth-order valence-corrected chi connectivity index (χ4v) is 2.92. The molecule has 0 aromatic heterocycles. The minimum absolute atomic E-state index is 0.105. The molecule has 0 spiro atoms. The van der Waals surface area contributed by atoms with E-state index in [0.29, 0.717) is 12.6 Å². The first kappa shape index (κ1) is 20.5. The summed E-state index contributed by atoms with van der Waals surface area (Å²) in [5.41, 5.74) is 0.808. The molecule has 1 aromatic rings. The smallest absolute Gasteiger partial charge is 0.191 e. The van der Waals surface area contributed by atoms with Crippen LogP contribution in [0.3, 0.4) is 0 Å². The summed E-state index contributed by atoms with van der Waals surface area (Å²) in [6.07, 6.45) is 3.07. The van der Waals surface area contributed by atoms with Crippen LogP contribution in [0.25, 0.3) is 0 Å². The van der Waals surface area contributed by atoms with E-state index in [2.05, 4.69) is 15.6 Å². The number of rotatable bonds is 9. The van der Waals surface area contributed by atoms with E-state index in [0.717, 1.165) is 56.2 Å². The van der Waals surface area contributed by atoms with Crippen molar-refractivity contribution < 1.29 is 14.6 Å². The minimum atomic E-state index is -0.667. The molecule has 1 aliphatic heterocycles. The molecule has 0 bridgehead atoms. The van der Waals surface area contributed by atoms with Gasteiger partial charge in [0.2, 0.25) is 0 Å². The fourth-order valence-electron chi connectivity index (χ4n) is 2.92. The number of nitrogens with zero attached hydrogens (tertiary/aromatic N) is 1. The van der Waals surface area contributed by atoms with Gasteiger partial charge in [-0.3, -0.25) is 4.99 Å². The van der Waals surface area contributed by atoms with Crippen molar-refractivity contribution in [2.24, 2.45) is 4.99 Å². The third-order valence-electron chi connectivity index (χ3n) is 4.16. The largest absolute Gasteiger partial charge is 0.491 e. The highest BCUT2D eigenvalue weighted by molar-refractivity contribution is 5.79. The molecular formula is C20H33N3O3. The maximum atomic E-state index is 10.5. The highest BCUT2D eigenvalue weighted by Crippen LogP contribution is 2.20. The number of benzene rings is 1. The Bertz CT molecular complexity index is 557. The highest BCUT2D eigenvalue weighted by atomic mass is 16.5. The van der Waals surface area contributed by atoms with Gasteiger partial charge in [0.05, 0.1) is 24.9 Å². The van der Waals surface area contributed by atoms with Crippen LogP contribution in [0.1, 0.15) is 51.7 Å². The van der Waals surface area contributed by atoms with E-state index < -0.39 is 6.10 Å². The Morgan fingerprint density at radius 1 is 1.38 bits per heavy atom. The maximum Gasteiger partial charge on any atom is 0.191 e. The average Bonchev–Trinajstić information content (AvgIpc) is 3.12. The first-order valence-electron chi connectivity index (χ1n) is 9.67. The normalized spacial score (nSPS) is 18.8. The monoisotopic (exact) mass is 363 g/mol. The lowest BCUT2D eigenvalue weighted by molar-refractivity contribution is 0.105. The van der Waals surface area contributed by atoms with E-state index in [1.165, 1.54) is 0 Å². The molecule has 0 radical (unpaired) electrons. The number of nitrogens with one attached hydrogen (secondary N) is 2. The zero-order chi connectivity index (χ0) is 18.8. The average molecular weight is 364 g/mol. The van der Waals surface area contributed by atoms with Crippen molar-refractivity contribution in [3.8, 4) is 5.75 Å². The van der Waals surface area contributed by atoms with E-state index in [4.69, 9.17) is 9.47 Å². The minimum Gasteiger partial charge on any atom is -0.491 e. The number of hydrogen-bond donors (Lipinski definition) is 3. The summed E-state index contributed by atoms with van der Waals surface area (Å²) in [6.45, 7) is 8.76. The molecule has 2 rings (SSSR count). The molecule has 0 aliphatic carbocycles. The van der Waals surface area contributed by atoms with Gasteiger partial charge in [-0.15, -0.1) is 0 Å². The summed E-state index contributed by atoms with van der Waals surface area (Å²) in [4.78, 5) is 4.51. The zero-order valence-electron chi connectivity index (χ0n) is 16.2. The number of guanidine groups is 1. The lowest BCUT2D eigenvalue weighted by Gasteiger charge is -2.16. The lowest BCUT2D eigenvalue weighted by Crippen LogP contribution is -2.38. The number of hydrogen-bond acceptors (Lipinski definition) is 4. The van der Waals surface area contributed by atoms with Gasteiger partial charge >= 0.3 is 0 Å². The first-order valence-corrected chi connectivity index (χ1v) is 9.67. The van der Waals surface area contributed by atoms with E-state index in [-0.39, 0.29) is 6.10 Å². The van der Waals surface area contributed by atoms with Gasteiger partial charge in [0, 0.05) is 19.7 Å². The van der Waals surface area contributed by atoms with Crippen LogP contribution in [0.4, 0.5) is 0 Å². The summed E-state index contributed by atoms with van der Waals surface area (Å²) < 4.78 is 11.3. The van der Waals surface area contributed by atoms with Crippen LogP contribution >= 0.6 is 0 Å². The summed E-state index contributed by atoms with van der Waals surface area (Å²) in [7, 11) is 0. The van der Waals surface area contributed by atoms with Gasteiger partial charge in [-0.1, -0.05) is 12.1 Å². The van der Waals surface area contributed by atoms with Gasteiger partial charge in [-0.05, 0) is 57.7 Å². The second kappa shape index (κ2) is 11.0. The van der Waals surface area contributed by atoms with Crippen molar-refractivity contribution >= 4 is 5.96 Å². The van der Waals surface area contributed by atoms with E-state index in [1.54, 1.807) is 0 Å². The van der Waals surface area contributed by atoms with Gasteiger partial charge < -0.3 is 25.2 Å². The van der Waals surface area contributed by atoms with Gasteiger partial charge in [0.15, 0.2) is 5.96 Å². The van der Waals surface area contributed by atoms with Crippen molar-refractivity contribution in [3.05, 3.63) is 29.8 Å². The molecule has 1 aliphatic rings. The SMILES string of the molecule is CCNC(=NCC(O)c1cccc(OC(C)C)c1)NCCC1CCCO1. The topological polar surface area (TPSA) is 75.1 Å². The van der Waals surface area contributed by atoms with Crippen molar-refractivity contribution in [2.45, 2.75) is 58.3 Å². The number of aliphatic imine (C=N–C) groups is 1. The quantitative estimate of drug-likeness (QED) is 0.464. The molecule has 1 saturated heterocycles.